The van der Waals surface area contributed by atoms with Gasteiger partial charge in [-0.25, -0.2) is 0 Å². The smallest absolute Gasteiger partial charge is 0.311 e. The van der Waals surface area contributed by atoms with Gasteiger partial charge in [-0.05, 0) is 48.2 Å². The van der Waals surface area contributed by atoms with Crippen LogP contribution < -0.4 is 10.1 Å². The Hall–Kier alpha value is -2.90. The normalized spacial score (nSPS) is 29.0. The molecule has 3 aliphatic carbocycles. The molecule has 152 valence electrons. The number of benzene rings is 2. The van der Waals surface area contributed by atoms with Crippen molar-refractivity contribution in [3.63, 3.8) is 0 Å². The van der Waals surface area contributed by atoms with Crippen LogP contribution in [0.4, 0.5) is 0 Å². The van der Waals surface area contributed by atoms with Gasteiger partial charge in [0.15, 0.2) is 0 Å². The second-order valence-electron chi connectivity index (χ2n) is 7.41. The first-order valence-electron chi connectivity index (χ1n) is 9.64. The number of amides is 1. The van der Waals surface area contributed by atoms with Crippen molar-refractivity contribution >= 4 is 11.9 Å². The lowest BCUT2D eigenvalue weighted by molar-refractivity contribution is -0.180. The molecule has 0 spiro atoms. The number of hydrogen-bond acceptors (Lipinski definition) is 5. The molecule has 0 saturated carbocycles. The number of ether oxygens (including phenoxy) is 1. The van der Waals surface area contributed by atoms with E-state index < -0.39 is 34.9 Å². The number of carboxylic acid groups (broad SMARTS) is 1. The summed E-state index contributed by atoms with van der Waals surface area (Å²) in [6.45, 7) is 4.19. The van der Waals surface area contributed by atoms with E-state index in [1.165, 1.54) is 0 Å². The molecule has 0 aliphatic heterocycles. The average molecular weight is 397 g/mol. The number of rotatable bonds is 5. The Bertz CT molecular complexity index is 1000. The predicted molar refractivity (Wildman–Crippen MR) is 103 cm³/mol. The number of carbonyl (C=O) groups is 2. The molecule has 0 aromatic heterocycles. The summed E-state index contributed by atoms with van der Waals surface area (Å²) in [5, 5.41) is 36.6. The maximum absolute atomic E-state index is 13.0. The second-order valence-corrected chi connectivity index (χ2v) is 7.41. The summed E-state index contributed by atoms with van der Waals surface area (Å²) in [5.74, 6) is -4.49. The molecule has 0 heterocycles. The number of carboxylic acids is 1. The van der Waals surface area contributed by atoms with E-state index in [1.54, 1.807) is 49.4 Å². The van der Waals surface area contributed by atoms with Crippen LogP contribution in [0.2, 0.25) is 0 Å². The van der Waals surface area contributed by atoms with Crippen molar-refractivity contribution in [2.45, 2.75) is 25.0 Å². The first kappa shape index (κ1) is 19.4. The number of aliphatic carboxylic acids is 1. The Morgan fingerprint density at radius 2 is 1.55 bits per heavy atom. The first-order valence-corrected chi connectivity index (χ1v) is 9.64. The molecule has 2 aromatic rings. The molecular formula is C22H23NO6. The lowest BCUT2D eigenvalue weighted by atomic mass is 9.49. The molecule has 29 heavy (non-hydrogen) atoms. The lowest BCUT2D eigenvalue weighted by Crippen LogP contribution is -2.65. The van der Waals surface area contributed by atoms with Crippen LogP contribution in [-0.2, 0) is 20.8 Å². The minimum atomic E-state index is -1.99. The molecule has 3 aliphatic rings. The Morgan fingerprint density at radius 3 is 2.10 bits per heavy atom. The predicted octanol–water partition coefficient (Wildman–Crippen LogP) is 1.34. The van der Waals surface area contributed by atoms with Crippen LogP contribution in [0.3, 0.4) is 0 Å². The molecular weight excluding hydrogens is 374 g/mol. The first-order chi connectivity index (χ1) is 13.8. The highest BCUT2D eigenvalue weighted by Gasteiger charge is 2.69. The molecule has 4 unspecified atom stereocenters. The van der Waals surface area contributed by atoms with Gasteiger partial charge >= 0.3 is 5.97 Å². The summed E-state index contributed by atoms with van der Waals surface area (Å²) in [5.41, 5.74) is -2.70. The van der Waals surface area contributed by atoms with Crippen LogP contribution in [0, 0.1) is 11.8 Å². The summed E-state index contributed by atoms with van der Waals surface area (Å²) in [6.07, 6.45) is 0. The fourth-order valence-corrected chi connectivity index (χ4v) is 4.96. The van der Waals surface area contributed by atoms with Gasteiger partial charge in [-0.3, -0.25) is 9.59 Å². The highest BCUT2D eigenvalue weighted by atomic mass is 16.5. The zero-order valence-electron chi connectivity index (χ0n) is 16.2. The van der Waals surface area contributed by atoms with Crippen LogP contribution in [0.25, 0.3) is 0 Å². The quantitative estimate of drug-likeness (QED) is 0.605. The van der Waals surface area contributed by atoms with E-state index in [2.05, 4.69) is 5.32 Å². The van der Waals surface area contributed by atoms with Gasteiger partial charge in [0.05, 0.1) is 12.5 Å². The van der Waals surface area contributed by atoms with Crippen molar-refractivity contribution in [3.8, 4) is 5.75 Å². The van der Waals surface area contributed by atoms with Crippen molar-refractivity contribution in [2.24, 2.45) is 11.8 Å². The minimum Gasteiger partial charge on any atom is -0.494 e. The van der Waals surface area contributed by atoms with Gasteiger partial charge in [-0.15, -0.1) is 0 Å². The lowest BCUT2D eigenvalue weighted by Gasteiger charge is -2.57. The maximum Gasteiger partial charge on any atom is 0.311 e. The van der Waals surface area contributed by atoms with Crippen molar-refractivity contribution in [3.05, 3.63) is 64.7 Å². The Kier molecular flexibility index (Phi) is 4.40. The number of hydrogen-bond donors (Lipinski definition) is 4. The monoisotopic (exact) mass is 397 g/mol. The van der Waals surface area contributed by atoms with Crippen molar-refractivity contribution < 1.29 is 29.6 Å². The molecule has 7 nitrogen and oxygen atoms in total. The largest absolute Gasteiger partial charge is 0.494 e. The molecule has 1 amide bonds. The van der Waals surface area contributed by atoms with Gasteiger partial charge in [0, 0.05) is 6.54 Å². The van der Waals surface area contributed by atoms with Crippen molar-refractivity contribution in [1.82, 2.24) is 5.32 Å². The molecule has 5 rings (SSSR count). The number of aliphatic hydroxyl groups is 2. The number of carbonyl (C=O) groups excluding carboxylic acids is 1. The maximum atomic E-state index is 13.0. The van der Waals surface area contributed by atoms with Crippen LogP contribution in [-0.4, -0.2) is 40.3 Å². The van der Waals surface area contributed by atoms with Gasteiger partial charge in [0.25, 0.3) is 0 Å². The third-order valence-corrected chi connectivity index (χ3v) is 6.00. The second kappa shape index (κ2) is 6.57. The van der Waals surface area contributed by atoms with E-state index >= 15 is 0 Å². The van der Waals surface area contributed by atoms with Gasteiger partial charge in [0.1, 0.15) is 22.9 Å². The average Bonchev–Trinajstić information content (AvgIpc) is 2.70. The molecule has 0 radical (unpaired) electrons. The summed E-state index contributed by atoms with van der Waals surface area (Å²) in [4.78, 5) is 25.3. The van der Waals surface area contributed by atoms with Crippen LogP contribution >= 0.6 is 0 Å². The minimum absolute atomic E-state index is 0.248. The summed E-state index contributed by atoms with van der Waals surface area (Å²) >= 11 is 0. The van der Waals surface area contributed by atoms with E-state index in [0.717, 1.165) is 0 Å². The third-order valence-electron chi connectivity index (χ3n) is 6.00. The highest BCUT2D eigenvalue weighted by Crippen LogP contribution is 2.62. The van der Waals surface area contributed by atoms with E-state index in [-0.39, 0.29) is 17.7 Å². The van der Waals surface area contributed by atoms with Crippen LogP contribution in [0.5, 0.6) is 5.75 Å². The Labute approximate surface area is 167 Å². The summed E-state index contributed by atoms with van der Waals surface area (Å²) in [7, 11) is 0. The van der Waals surface area contributed by atoms with E-state index in [9.17, 15) is 24.9 Å². The summed E-state index contributed by atoms with van der Waals surface area (Å²) in [6, 6.07) is 11.4. The Balaban J connectivity index is 2.09. The highest BCUT2D eigenvalue weighted by molar-refractivity contribution is 5.91. The molecule has 0 saturated heterocycles. The van der Waals surface area contributed by atoms with Gasteiger partial charge in [-0.1, -0.05) is 30.3 Å². The van der Waals surface area contributed by atoms with Crippen LogP contribution in [0.1, 0.15) is 36.1 Å². The standard InChI is InChI=1S/C22H23NO6/c1-3-23-19(24)17-18(20(25)26)22(28)14-8-6-5-7-13(14)21(17,27)15-10-9-12(29-4-2)11-16(15)22/h5-11,17-18,27-28H,3-4H2,1-2H3,(H,23,24)(H,25,26). The van der Waals surface area contributed by atoms with E-state index in [4.69, 9.17) is 4.74 Å². The molecule has 2 aromatic carbocycles. The Morgan fingerprint density at radius 1 is 0.966 bits per heavy atom. The van der Waals surface area contributed by atoms with Crippen LogP contribution in [0.15, 0.2) is 42.5 Å². The van der Waals surface area contributed by atoms with Gasteiger partial charge < -0.3 is 25.4 Å². The molecule has 2 bridgehead atoms. The zero-order valence-corrected chi connectivity index (χ0v) is 16.2. The van der Waals surface area contributed by atoms with E-state index in [0.29, 0.717) is 23.5 Å². The zero-order chi connectivity index (χ0) is 21.0. The topological polar surface area (TPSA) is 116 Å². The molecule has 4 N–H and O–H groups in total. The van der Waals surface area contributed by atoms with Gasteiger partial charge in [-0.2, -0.15) is 0 Å². The van der Waals surface area contributed by atoms with Crippen molar-refractivity contribution in [1.29, 1.82) is 0 Å². The fourth-order valence-electron chi connectivity index (χ4n) is 4.96. The molecule has 7 heteroatoms. The molecule has 0 fully saturated rings. The van der Waals surface area contributed by atoms with E-state index in [1.807, 2.05) is 6.92 Å². The SMILES string of the molecule is CCNC(=O)C1C(C(=O)O)C2(O)c3ccccc3C1(O)c1ccc(OCC)cc12. The summed E-state index contributed by atoms with van der Waals surface area (Å²) < 4.78 is 5.53. The molecule has 4 atom stereocenters. The number of fused-ring (bicyclic) bond motifs is 1. The third kappa shape index (κ3) is 2.37. The van der Waals surface area contributed by atoms with Gasteiger partial charge in [0.2, 0.25) is 5.91 Å². The fraction of sp³-hybridized carbons (Fsp3) is 0.364. The van der Waals surface area contributed by atoms with Crippen molar-refractivity contribution in [2.75, 3.05) is 13.2 Å². The number of nitrogens with one attached hydrogen (secondary N) is 1.